The largest absolute Gasteiger partial charge is 0.582 e. The van der Waals surface area contributed by atoms with Crippen molar-refractivity contribution in [3.05, 3.63) is 35.4 Å². The van der Waals surface area contributed by atoms with Crippen molar-refractivity contribution in [3.8, 4) is 5.75 Å². The summed E-state index contributed by atoms with van der Waals surface area (Å²) in [6.45, 7) is 0. The fourth-order valence-electron chi connectivity index (χ4n) is 1.38. The second kappa shape index (κ2) is 1.92. The average Bonchev–Trinajstić information content (AvgIpc) is 2.52. The van der Waals surface area contributed by atoms with Gasteiger partial charge in [-0.3, -0.25) is 0 Å². The fraction of sp³-hybridized carbons (Fsp3) is 0. The molecule has 60 valence electrons. The molecule has 1 aromatic carbocycles. The Bertz CT molecular complexity index is 361. The first-order chi connectivity index (χ1) is 5.95. The van der Waals surface area contributed by atoms with Crippen LogP contribution in [-0.2, 0) is 0 Å². The van der Waals surface area contributed by atoms with Crippen molar-refractivity contribution in [2.45, 2.75) is 0 Å². The molecule has 0 bridgehead atoms. The Morgan fingerprint density at radius 3 is 3.42 bits per heavy atom. The molecule has 0 spiro atoms. The Hall–Kier alpha value is -1.68. The lowest BCUT2D eigenvalue weighted by Crippen LogP contribution is -2.31. The topological polar surface area (TPSA) is 38.6 Å². The third-order valence-corrected chi connectivity index (χ3v) is 1.92. The van der Waals surface area contributed by atoms with Crippen LogP contribution in [0.2, 0.25) is 0 Å². The molecule has 2 aliphatic rings. The Labute approximate surface area is 69.3 Å². The van der Waals surface area contributed by atoms with E-state index >= 15 is 0 Å². The summed E-state index contributed by atoms with van der Waals surface area (Å²) < 4.78 is 0. The highest BCUT2D eigenvalue weighted by Gasteiger charge is 2.18. The standard InChI is InChI=1S/C8H6N3O/c1-2-6-4-5-9-11-8(6)7(3-1)12-10-11/h1-5,10H/q-1. The number of nitrogens with one attached hydrogen (secondary N) is 1. The third kappa shape index (κ3) is 0.597. The van der Waals surface area contributed by atoms with Crippen molar-refractivity contribution in [1.29, 1.82) is 0 Å². The second-order valence-corrected chi connectivity index (χ2v) is 2.63. The summed E-state index contributed by atoms with van der Waals surface area (Å²) in [6, 6.07) is 5.88. The molecular weight excluding hydrogens is 154 g/mol. The van der Waals surface area contributed by atoms with Gasteiger partial charge in [-0.1, -0.05) is 23.8 Å². The van der Waals surface area contributed by atoms with Crippen molar-refractivity contribution >= 4 is 11.8 Å². The summed E-state index contributed by atoms with van der Waals surface area (Å²) in [6.07, 6.45) is 3.68. The van der Waals surface area contributed by atoms with Crippen molar-refractivity contribution in [2.75, 3.05) is 5.12 Å². The van der Waals surface area contributed by atoms with Crippen LogP contribution in [0.1, 0.15) is 5.56 Å². The van der Waals surface area contributed by atoms with Crippen LogP contribution in [0, 0.1) is 0 Å². The molecule has 3 rings (SSSR count). The number of anilines is 1. The maximum Gasteiger partial charge on any atom is 0.173 e. The molecule has 0 saturated carbocycles. The van der Waals surface area contributed by atoms with E-state index in [-0.39, 0.29) is 0 Å². The number of rotatable bonds is 0. The minimum absolute atomic E-state index is 0.820. The second-order valence-electron chi connectivity index (χ2n) is 2.63. The molecule has 0 atom stereocenters. The van der Waals surface area contributed by atoms with Crippen LogP contribution >= 0.6 is 0 Å². The van der Waals surface area contributed by atoms with E-state index in [9.17, 15) is 0 Å². The average molecular weight is 160 g/mol. The molecule has 12 heavy (non-hydrogen) atoms. The zero-order valence-corrected chi connectivity index (χ0v) is 6.19. The Morgan fingerprint density at radius 2 is 2.42 bits per heavy atom. The van der Waals surface area contributed by atoms with E-state index in [0.717, 1.165) is 17.0 Å². The number of para-hydroxylation sites is 1. The normalized spacial score (nSPS) is 16.8. The molecule has 4 nitrogen and oxygen atoms in total. The van der Waals surface area contributed by atoms with Gasteiger partial charge < -0.3 is 15.4 Å². The Balaban J connectivity index is 2.30. The number of hydrazine groups is 1. The van der Waals surface area contributed by atoms with Crippen LogP contribution in [-0.4, -0.2) is 0 Å². The van der Waals surface area contributed by atoms with Crippen molar-refractivity contribution in [3.63, 3.8) is 0 Å². The summed E-state index contributed by atoms with van der Waals surface area (Å²) in [5.41, 5.74) is 8.84. The molecule has 0 unspecified atom stereocenters. The van der Waals surface area contributed by atoms with Crippen LogP contribution in [0.4, 0.5) is 5.69 Å². The Morgan fingerprint density at radius 1 is 1.42 bits per heavy atom. The molecule has 0 amide bonds. The SMILES string of the molecule is C1=Cc2cccc3c2N([N-]1)NO3. The molecule has 0 aliphatic carbocycles. The van der Waals surface area contributed by atoms with Gasteiger partial charge in [0.15, 0.2) is 5.75 Å². The van der Waals surface area contributed by atoms with Gasteiger partial charge in [-0.15, -0.1) is 0 Å². The van der Waals surface area contributed by atoms with Gasteiger partial charge in [-0.25, -0.2) is 0 Å². The van der Waals surface area contributed by atoms with E-state index in [4.69, 9.17) is 4.84 Å². The first-order valence-electron chi connectivity index (χ1n) is 3.68. The lowest BCUT2D eigenvalue weighted by Gasteiger charge is -2.34. The minimum Gasteiger partial charge on any atom is -0.582 e. The van der Waals surface area contributed by atoms with Crippen molar-refractivity contribution in [2.24, 2.45) is 0 Å². The summed E-state index contributed by atoms with van der Waals surface area (Å²) in [4.78, 5) is 5.16. The molecule has 0 aromatic heterocycles. The van der Waals surface area contributed by atoms with Crippen molar-refractivity contribution in [1.82, 2.24) is 5.59 Å². The molecule has 4 heteroatoms. The quantitative estimate of drug-likeness (QED) is 0.626. The first kappa shape index (κ1) is 5.91. The number of hydrogen-bond acceptors (Lipinski definition) is 3. The molecule has 2 heterocycles. The predicted octanol–water partition coefficient (Wildman–Crippen LogP) is 1.58. The van der Waals surface area contributed by atoms with E-state index in [1.165, 1.54) is 0 Å². The predicted molar refractivity (Wildman–Crippen MR) is 45.1 cm³/mol. The van der Waals surface area contributed by atoms with Crippen LogP contribution in [0.5, 0.6) is 5.75 Å². The van der Waals surface area contributed by atoms with Crippen LogP contribution in [0.25, 0.3) is 11.5 Å². The summed E-state index contributed by atoms with van der Waals surface area (Å²) >= 11 is 0. The molecule has 0 radical (unpaired) electrons. The lowest BCUT2D eigenvalue weighted by molar-refractivity contribution is 0.223. The maximum absolute atomic E-state index is 5.16. The molecule has 2 aliphatic heterocycles. The van der Waals surface area contributed by atoms with Gasteiger partial charge in [0.1, 0.15) is 0 Å². The maximum atomic E-state index is 5.16. The number of benzene rings is 1. The number of nitrogens with zero attached hydrogens (tertiary/aromatic N) is 2. The summed E-state index contributed by atoms with van der Waals surface area (Å²) in [7, 11) is 0. The van der Waals surface area contributed by atoms with Gasteiger partial charge in [0.25, 0.3) is 0 Å². The van der Waals surface area contributed by atoms with E-state index in [0.29, 0.717) is 0 Å². The fourth-order valence-corrected chi connectivity index (χ4v) is 1.38. The van der Waals surface area contributed by atoms with Gasteiger partial charge in [0, 0.05) is 5.56 Å². The van der Waals surface area contributed by atoms with Gasteiger partial charge in [-0.05, 0) is 6.07 Å². The van der Waals surface area contributed by atoms with E-state index in [1.54, 1.807) is 11.3 Å². The van der Waals surface area contributed by atoms with Crippen LogP contribution < -0.4 is 15.5 Å². The lowest BCUT2D eigenvalue weighted by atomic mass is 10.1. The van der Waals surface area contributed by atoms with Gasteiger partial charge >= 0.3 is 0 Å². The van der Waals surface area contributed by atoms with E-state index in [1.807, 2.05) is 24.3 Å². The van der Waals surface area contributed by atoms with Gasteiger partial charge in [0.2, 0.25) is 0 Å². The highest BCUT2D eigenvalue weighted by Crippen LogP contribution is 2.39. The molecule has 1 aromatic rings. The highest BCUT2D eigenvalue weighted by atomic mass is 16.7. The van der Waals surface area contributed by atoms with Crippen LogP contribution in [0.15, 0.2) is 24.4 Å². The molecule has 0 saturated heterocycles. The minimum atomic E-state index is 0.820. The third-order valence-electron chi connectivity index (χ3n) is 1.92. The van der Waals surface area contributed by atoms with Gasteiger partial charge in [-0.2, -0.15) is 6.20 Å². The zero-order valence-electron chi connectivity index (χ0n) is 6.19. The smallest absolute Gasteiger partial charge is 0.173 e. The molecular formula is C8H6N3O-. The van der Waals surface area contributed by atoms with Crippen LogP contribution in [0.3, 0.4) is 0 Å². The first-order valence-corrected chi connectivity index (χ1v) is 3.68. The Kier molecular flexibility index (Phi) is 0.946. The highest BCUT2D eigenvalue weighted by molar-refractivity contribution is 5.79. The monoisotopic (exact) mass is 160 g/mol. The van der Waals surface area contributed by atoms with E-state index < -0.39 is 0 Å². The van der Waals surface area contributed by atoms with Crippen molar-refractivity contribution < 1.29 is 4.84 Å². The van der Waals surface area contributed by atoms with E-state index in [2.05, 4.69) is 11.0 Å². The summed E-state index contributed by atoms with van der Waals surface area (Å²) in [5.74, 6) is 0.820. The number of hydrogen-bond donors (Lipinski definition) is 1. The summed E-state index contributed by atoms with van der Waals surface area (Å²) in [5, 5.41) is 1.62. The zero-order chi connectivity index (χ0) is 7.97. The van der Waals surface area contributed by atoms with Gasteiger partial charge in [0.05, 0.1) is 5.69 Å². The molecule has 0 fully saturated rings. The molecule has 1 N–H and O–H groups in total.